The lowest BCUT2D eigenvalue weighted by Crippen LogP contribution is -2.40. The Morgan fingerprint density at radius 1 is 1.31 bits per heavy atom. The van der Waals surface area contributed by atoms with Crippen LogP contribution >= 0.6 is 11.3 Å². The van der Waals surface area contributed by atoms with Gasteiger partial charge >= 0.3 is 0 Å². The van der Waals surface area contributed by atoms with Crippen molar-refractivity contribution in [3.63, 3.8) is 0 Å². The number of carbonyl (C=O) groups is 1. The summed E-state index contributed by atoms with van der Waals surface area (Å²) in [5, 5.41) is 5.06. The van der Waals surface area contributed by atoms with Gasteiger partial charge in [0.25, 0.3) is 15.9 Å². The molecule has 8 nitrogen and oxygen atoms in total. The largest absolute Gasteiger partial charge is 0.493 e. The topological polar surface area (TPSA) is 101 Å². The molecule has 0 bridgehead atoms. The fourth-order valence-corrected chi connectivity index (χ4v) is 5.07. The van der Waals surface area contributed by atoms with Crippen molar-refractivity contribution >= 4 is 38.2 Å². The molecule has 1 aromatic heterocycles. The molecular formula is C19H16N4O4S2. The number of anilines is 1. The van der Waals surface area contributed by atoms with Gasteiger partial charge in [-0.05, 0) is 35.9 Å². The van der Waals surface area contributed by atoms with E-state index in [1.54, 1.807) is 23.3 Å². The monoisotopic (exact) mass is 428 g/mol. The highest BCUT2D eigenvalue weighted by atomic mass is 32.2. The van der Waals surface area contributed by atoms with E-state index in [0.29, 0.717) is 11.7 Å². The van der Waals surface area contributed by atoms with Crippen LogP contribution in [0.2, 0.25) is 0 Å². The van der Waals surface area contributed by atoms with Gasteiger partial charge in [0.2, 0.25) is 0 Å². The summed E-state index contributed by atoms with van der Waals surface area (Å²) in [7, 11) is -3.56. The highest BCUT2D eigenvalue weighted by molar-refractivity contribution is 7.90. The Bertz CT molecular complexity index is 1210. The van der Waals surface area contributed by atoms with Crippen LogP contribution in [0.5, 0.6) is 5.75 Å². The van der Waals surface area contributed by atoms with E-state index in [0.717, 1.165) is 29.0 Å². The molecule has 1 N–H and O–H groups in total. The van der Waals surface area contributed by atoms with Gasteiger partial charge in [-0.15, -0.1) is 15.7 Å². The van der Waals surface area contributed by atoms with Gasteiger partial charge in [0, 0.05) is 30.1 Å². The van der Waals surface area contributed by atoms with Crippen molar-refractivity contribution in [2.24, 2.45) is 4.40 Å². The molecule has 1 amide bonds. The molecule has 1 aromatic carbocycles. The summed E-state index contributed by atoms with van der Waals surface area (Å²) in [6.45, 7) is 0.961. The fourth-order valence-electron chi connectivity index (χ4n) is 3.37. The number of amides is 1. The quantitative estimate of drug-likeness (QED) is 0.804. The molecule has 10 heteroatoms. The molecule has 0 fully saturated rings. The summed E-state index contributed by atoms with van der Waals surface area (Å²) >= 11 is 1.31. The first kappa shape index (κ1) is 18.1. The minimum absolute atomic E-state index is 0.0720. The third-order valence-corrected chi connectivity index (χ3v) is 6.72. The summed E-state index contributed by atoms with van der Waals surface area (Å²) < 4.78 is 33.0. The number of carbonyl (C=O) groups excluding carboxylic acids is 1. The first-order chi connectivity index (χ1) is 14.0. The summed E-state index contributed by atoms with van der Waals surface area (Å²) in [5.41, 5.74) is 3.07. The van der Waals surface area contributed by atoms with Crippen LogP contribution < -0.4 is 10.1 Å². The predicted molar refractivity (Wildman–Crippen MR) is 111 cm³/mol. The molecule has 3 aliphatic heterocycles. The minimum Gasteiger partial charge on any atom is -0.493 e. The zero-order chi connectivity index (χ0) is 20.0. The summed E-state index contributed by atoms with van der Waals surface area (Å²) in [6, 6.07) is 5.93. The average Bonchev–Trinajstić information content (AvgIpc) is 3.35. The van der Waals surface area contributed by atoms with Crippen LogP contribution in [0.4, 0.5) is 5.13 Å². The van der Waals surface area contributed by atoms with E-state index >= 15 is 0 Å². The lowest BCUT2D eigenvalue weighted by atomic mass is 10.1. The molecule has 0 saturated heterocycles. The molecule has 29 heavy (non-hydrogen) atoms. The Morgan fingerprint density at radius 2 is 2.21 bits per heavy atom. The molecule has 0 atom stereocenters. The Morgan fingerprint density at radius 3 is 3.10 bits per heavy atom. The van der Waals surface area contributed by atoms with E-state index in [1.807, 2.05) is 17.5 Å². The van der Waals surface area contributed by atoms with Gasteiger partial charge in [-0.1, -0.05) is 0 Å². The van der Waals surface area contributed by atoms with Crippen molar-refractivity contribution in [2.45, 2.75) is 6.42 Å². The van der Waals surface area contributed by atoms with Gasteiger partial charge in [-0.2, -0.15) is 0 Å². The minimum atomic E-state index is -3.56. The maximum atomic E-state index is 12.8. The number of amidine groups is 1. The third kappa shape index (κ3) is 3.45. The molecule has 148 valence electrons. The number of aromatic nitrogens is 1. The average molecular weight is 428 g/mol. The van der Waals surface area contributed by atoms with Crippen molar-refractivity contribution in [2.75, 3.05) is 24.2 Å². The molecule has 3 aliphatic rings. The highest BCUT2D eigenvalue weighted by Crippen LogP contribution is 2.32. The van der Waals surface area contributed by atoms with Crippen molar-refractivity contribution in [3.8, 4) is 17.0 Å². The van der Waals surface area contributed by atoms with E-state index in [2.05, 4.69) is 20.8 Å². The van der Waals surface area contributed by atoms with Gasteiger partial charge in [0.15, 0.2) is 11.0 Å². The Labute approximate surface area is 171 Å². The van der Waals surface area contributed by atoms with Crippen molar-refractivity contribution in [1.29, 1.82) is 0 Å². The van der Waals surface area contributed by atoms with Gasteiger partial charge in [-0.3, -0.25) is 10.1 Å². The number of fused-ring (bicyclic) bond motifs is 2. The second-order valence-electron chi connectivity index (χ2n) is 6.73. The maximum Gasteiger partial charge on any atom is 0.261 e. The third-order valence-electron chi connectivity index (χ3n) is 4.81. The summed E-state index contributed by atoms with van der Waals surface area (Å²) in [5.74, 6) is 0.532. The standard InChI is InChI=1S/C19H16N4O4S2/c24-18(14-2-1-6-23-7-9-29(25,26)22-17(14)23)21-19-20-15(11-28-19)12-3-4-16-13(10-12)5-8-27-16/h1-4,6,10-11H,5,7-9H2,(H,20,21,24). The predicted octanol–water partition coefficient (Wildman–Crippen LogP) is 2.18. The van der Waals surface area contributed by atoms with Gasteiger partial charge < -0.3 is 9.64 Å². The molecule has 0 spiro atoms. The lowest BCUT2D eigenvalue weighted by molar-refractivity contribution is -0.112. The lowest BCUT2D eigenvalue weighted by Gasteiger charge is -2.28. The number of nitrogens with zero attached hydrogens (tertiary/aromatic N) is 3. The number of benzene rings is 1. The molecule has 4 heterocycles. The van der Waals surface area contributed by atoms with Crippen molar-refractivity contribution in [3.05, 3.63) is 53.1 Å². The number of allylic oxidation sites excluding steroid dienone is 2. The Kier molecular flexibility index (Phi) is 4.25. The zero-order valence-electron chi connectivity index (χ0n) is 15.2. The number of sulfonamides is 1. The van der Waals surface area contributed by atoms with E-state index in [4.69, 9.17) is 4.74 Å². The van der Waals surface area contributed by atoms with Crippen LogP contribution in [0, 0.1) is 0 Å². The summed E-state index contributed by atoms with van der Waals surface area (Å²) in [4.78, 5) is 18.9. The van der Waals surface area contributed by atoms with Crippen LogP contribution in [0.3, 0.4) is 0 Å². The van der Waals surface area contributed by atoms with Crippen LogP contribution in [-0.2, 0) is 21.2 Å². The molecule has 0 radical (unpaired) electrons. The van der Waals surface area contributed by atoms with E-state index in [1.165, 1.54) is 11.3 Å². The SMILES string of the molecule is O=C(Nc1nc(-c2ccc3c(c2)CCO3)cs1)C1=CC=CN2CCS(=O)(=O)N=C12. The first-order valence-electron chi connectivity index (χ1n) is 9.00. The van der Waals surface area contributed by atoms with Gasteiger partial charge in [-0.25, -0.2) is 13.4 Å². The number of ether oxygens (including phenoxy) is 1. The van der Waals surface area contributed by atoms with Crippen molar-refractivity contribution in [1.82, 2.24) is 9.88 Å². The number of nitrogens with one attached hydrogen (secondary N) is 1. The van der Waals surface area contributed by atoms with E-state index in [9.17, 15) is 13.2 Å². The van der Waals surface area contributed by atoms with Crippen LogP contribution in [0.1, 0.15) is 5.56 Å². The normalized spacial score (nSPS) is 19.0. The van der Waals surface area contributed by atoms with E-state index < -0.39 is 15.9 Å². The molecule has 2 aromatic rings. The molecule has 0 saturated carbocycles. The number of thiazole rings is 1. The fraction of sp³-hybridized carbons (Fsp3) is 0.211. The van der Waals surface area contributed by atoms with E-state index in [-0.39, 0.29) is 23.7 Å². The Hall–Kier alpha value is -2.98. The zero-order valence-corrected chi connectivity index (χ0v) is 16.8. The Balaban J connectivity index is 1.37. The smallest absolute Gasteiger partial charge is 0.261 e. The van der Waals surface area contributed by atoms with Crippen LogP contribution in [0.15, 0.2) is 51.9 Å². The molecular weight excluding hydrogens is 412 g/mol. The van der Waals surface area contributed by atoms with Gasteiger partial charge in [0.1, 0.15) is 5.75 Å². The van der Waals surface area contributed by atoms with Crippen LogP contribution in [0.25, 0.3) is 11.3 Å². The maximum absolute atomic E-state index is 12.8. The van der Waals surface area contributed by atoms with Crippen molar-refractivity contribution < 1.29 is 17.9 Å². The number of rotatable bonds is 3. The molecule has 0 aliphatic carbocycles. The van der Waals surface area contributed by atoms with Crippen LogP contribution in [-0.4, -0.2) is 48.9 Å². The molecule has 0 unspecified atom stereocenters. The highest BCUT2D eigenvalue weighted by Gasteiger charge is 2.30. The summed E-state index contributed by atoms with van der Waals surface area (Å²) in [6.07, 6.45) is 5.84. The number of hydrogen-bond donors (Lipinski definition) is 1. The molecule has 5 rings (SSSR count). The second kappa shape index (κ2) is 6.82. The van der Waals surface area contributed by atoms with Gasteiger partial charge in [0.05, 0.1) is 23.6 Å². The number of hydrogen-bond acceptors (Lipinski definition) is 7. The second-order valence-corrected chi connectivity index (χ2v) is 9.34. The first-order valence-corrected chi connectivity index (χ1v) is 11.5.